The van der Waals surface area contributed by atoms with E-state index in [1.165, 1.54) is 48.7 Å². The monoisotopic (exact) mass is 654 g/mol. The highest BCUT2D eigenvalue weighted by atomic mass is 32.2. The van der Waals surface area contributed by atoms with Crippen molar-refractivity contribution in [1.29, 1.82) is 0 Å². The van der Waals surface area contributed by atoms with Gasteiger partial charge in [-0.1, -0.05) is 163 Å². The van der Waals surface area contributed by atoms with Crippen LogP contribution >= 0.6 is 11.8 Å². The SMILES string of the molecule is c1ccc(-c2cc(-c3cccc(-c4ccc5c(c4)C4(c6ccccc6S5)c5ccccc5-c5ccccc54)c3)nc(-c3ccccc3)n2)cc1. The quantitative estimate of drug-likeness (QED) is 0.189. The lowest BCUT2D eigenvalue weighted by Crippen LogP contribution is -2.32. The number of benzene rings is 7. The molecule has 1 aliphatic heterocycles. The molecule has 0 amide bonds. The molecular formula is C47H30N2S. The van der Waals surface area contributed by atoms with Crippen molar-refractivity contribution >= 4 is 11.8 Å². The van der Waals surface area contributed by atoms with Crippen LogP contribution in [0.15, 0.2) is 192 Å². The maximum atomic E-state index is 5.12. The van der Waals surface area contributed by atoms with Crippen molar-refractivity contribution in [1.82, 2.24) is 9.97 Å². The number of hydrogen-bond acceptors (Lipinski definition) is 3. The average Bonchev–Trinajstić information content (AvgIpc) is 3.49. The van der Waals surface area contributed by atoms with Gasteiger partial charge in [-0.05, 0) is 74.8 Å². The lowest BCUT2D eigenvalue weighted by molar-refractivity contribution is 0.723. The molecule has 1 aliphatic carbocycles. The van der Waals surface area contributed by atoms with Crippen molar-refractivity contribution in [2.45, 2.75) is 15.2 Å². The Morgan fingerprint density at radius 2 is 0.860 bits per heavy atom. The van der Waals surface area contributed by atoms with Crippen molar-refractivity contribution in [3.8, 4) is 56.2 Å². The highest BCUT2D eigenvalue weighted by molar-refractivity contribution is 7.99. The molecule has 2 aliphatic rings. The predicted octanol–water partition coefficient (Wildman–Crippen LogP) is 12.0. The first kappa shape index (κ1) is 28.9. The fourth-order valence-corrected chi connectivity index (χ4v) is 9.13. The molecule has 7 aromatic carbocycles. The Morgan fingerprint density at radius 1 is 0.340 bits per heavy atom. The van der Waals surface area contributed by atoms with Crippen LogP contribution in [0.4, 0.5) is 0 Å². The first-order chi connectivity index (χ1) is 24.8. The van der Waals surface area contributed by atoms with Gasteiger partial charge in [0.2, 0.25) is 0 Å². The molecule has 2 heterocycles. The van der Waals surface area contributed by atoms with Gasteiger partial charge in [-0.2, -0.15) is 0 Å². The van der Waals surface area contributed by atoms with E-state index in [1.54, 1.807) is 0 Å². The Bertz CT molecular complexity index is 2470. The summed E-state index contributed by atoms with van der Waals surface area (Å²) in [5, 5.41) is 0. The fourth-order valence-electron chi connectivity index (χ4n) is 7.96. The molecule has 0 saturated heterocycles. The summed E-state index contributed by atoms with van der Waals surface area (Å²) < 4.78 is 0. The molecule has 0 saturated carbocycles. The first-order valence-electron chi connectivity index (χ1n) is 17.0. The molecule has 10 rings (SSSR count). The minimum absolute atomic E-state index is 0.403. The van der Waals surface area contributed by atoms with Gasteiger partial charge in [-0.15, -0.1) is 0 Å². The molecule has 1 spiro atoms. The second-order valence-electron chi connectivity index (χ2n) is 12.9. The van der Waals surface area contributed by atoms with Crippen LogP contribution in [-0.2, 0) is 5.41 Å². The third-order valence-electron chi connectivity index (χ3n) is 10.2. The van der Waals surface area contributed by atoms with Gasteiger partial charge in [0, 0.05) is 26.5 Å². The van der Waals surface area contributed by atoms with Crippen LogP contribution in [0.1, 0.15) is 22.3 Å². The van der Waals surface area contributed by atoms with Crippen molar-refractivity contribution in [3.05, 3.63) is 204 Å². The summed E-state index contributed by atoms with van der Waals surface area (Å²) in [6.07, 6.45) is 0. The van der Waals surface area contributed by atoms with Gasteiger partial charge < -0.3 is 0 Å². The molecule has 8 aromatic rings. The van der Waals surface area contributed by atoms with Crippen LogP contribution in [0, 0.1) is 0 Å². The molecule has 0 fully saturated rings. The van der Waals surface area contributed by atoms with E-state index in [2.05, 4.69) is 158 Å². The van der Waals surface area contributed by atoms with E-state index in [4.69, 9.17) is 9.97 Å². The van der Waals surface area contributed by atoms with E-state index in [0.717, 1.165) is 39.5 Å². The Kier molecular flexibility index (Phi) is 6.68. The van der Waals surface area contributed by atoms with Gasteiger partial charge in [0.25, 0.3) is 0 Å². The summed E-state index contributed by atoms with van der Waals surface area (Å²) in [5.41, 5.74) is 14.9. The Balaban J connectivity index is 1.15. The number of nitrogens with zero attached hydrogens (tertiary/aromatic N) is 2. The summed E-state index contributed by atoms with van der Waals surface area (Å²) in [5.74, 6) is 0.720. The van der Waals surface area contributed by atoms with Crippen LogP contribution in [0.2, 0.25) is 0 Å². The lowest BCUT2D eigenvalue weighted by atomic mass is 9.67. The zero-order valence-electron chi connectivity index (χ0n) is 27.1. The number of hydrogen-bond donors (Lipinski definition) is 0. The molecule has 234 valence electrons. The molecule has 0 bridgehead atoms. The molecule has 0 unspecified atom stereocenters. The Labute approximate surface area is 296 Å². The molecular weight excluding hydrogens is 625 g/mol. The van der Waals surface area contributed by atoms with E-state index >= 15 is 0 Å². The molecule has 2 nitrogen and oxygen atoms in total. The summed E-state index contributed by atoms with van der Waals surface area (Å²) in [6.45, 7) is 0. The normalized spacial score (nSPS) is 13.3. The standard InChI is InChI=1S/C47H30N2S/c1-3-14-31(15-4-1)42-30-43(49-46(48-42)32-16-5-2-6-17-32)35-19-13-18-33(28-35)34-26-27-45-41(29-34)47(40-24-11-12-25-44(40)50-45)38-22-9-7-20-36(38)37-21-8-10-23-39(37)47/h1-30H. The average molecular weight is 655 g/mol. The summed E-state index contributed by atoms with van der Waals surface area (Å²) in [7, 11) is 0. The highest BCUT2D eigenvalue weighted by Crippen LogP contribution is 2.62. The van der Waals surface area contributed by atoms with Crippen molar-refractivity contribution in [2.75, 3.05) is 0 Å². The van der Waals surface area contributed by atoms with E-state index in [0.29, 0.717) is 0 Å². The van der Waals surface area contributed by atoms with Crippen molar-refractivity contribution in [3.63, 3.8) is 0 Å². The van der Waals surface area contributed by atoms with Gasteiger partial charge >= 0.3 is 0 Å². The van der Waals surface area contributed by atoms with Crippen LogP contribution in [0.5, 0.6) is 0 Å². The third kappa shape index (κ3) is 4.44. The van der Waals surface area contributed by atoms with E-state index in [-0.39, 0.29) is 0 Å². The maximum Gasteiger partial charge on any atom is 0.160 e. The van der Waals surface area contributed by atoms with E-state index in [1.807, 2.05) is 36.0 Å². The molecule has 1 aromatic heterocycles. The van der Waals surface area contributed by atoms with Gasteiger partial charge in [0.15, 0.2) is 5.82 Å². The Morgan fingerprint density at radius 3 is 1.58 bits per heavy atom. The molecule has 0 radical (unpaired) electrons. The number of rotatable bonds is 4. The molecule has 0 atom stereocenters. The second-order valence-corrected chi connectivity index (χ2v) is 14.0. The number of aromatic nitrogens is 2. The zero-order valence-corrected chi connectivity index (χ0v) is 27.9. The van der Waals surface area contributed by atoms with E-state index < -0.39 is 5.41 Å². The van der Waals surface area contributed by atoms with Gasteiger partial charge in [-0.25, -0.2) is 9.97 Å². The fraction of sp³-hybridized carbons (Fsp3) is 0.0213. The van der Waals surface area contributed by atoms with Crippen LogP contribution in [-0.4, -0.2) is 9.97 Å². The van der Waals surface area contributed by atoms with Gasteiger partial charge in [0.1, 0.15) is 0 Å². The van der Waals surface area contributed by atoms with Gasteiger partial charge in [-0.3, -0.25) is 0 Å². The van der Waals surface area contributed by atoms with Crippen molar-refractivity contribution in [2.24, 2.45) is 0 Å². The first-order valence-corrected chi connectivity index (χ1v) is 17.8. The molecule has 3 heteroatoms. The topological polar surface area (TPSA) is 25.8 Å². The second kappa shape index (κ2) is 11.5. The third-order valence-corrected chi connectivity index (χ3v) is 11.3. The highest BCUT2D eigenvalue weighted by Gasteiger charge is 2.50. The summed E-state index contributed by atoms with van der Waals surface area (Å²) in [6, 6.07) is 65.5. The number of fused-ring (bicyclic) bond motifs is 9. The van der Waals surface area contributed by atoms with Crippen molar-refractivity contribution < 1.29 is 0 Å². The Hall–Kier alpha value is -6.03. The zero-order chi connectivity index (χ0) is 33.1. The van der Waals surface area contributed by atoms with Gasteiger partial charge in [0.05, 0.1) is 16.8 Å². The summed E-state index contributed by atoms with van der Waals surface area (Å²) >= 11 is 1.88. The largest absolute Gasteiger partial charge is 0.228 e. The molecule has 50 heavy (non-hydrogen) atoms. The summed E-state index contributed by atoms with van der Waals surface area (Å²) in [4.78, 5) is 12.7. The van der Waals surface area contributed by atoms with Crippen LogP contribution in [0.25, 0.3) is 56.2 Å². The predicted molar refractivity (Wildman–Crippen MR) is 205 cm³/mol. The van der Waals surface area contributed by atoms with E-state index in [9.17, 15) is 0 Å². The smallest absolute Gasteiger partial charge is 0.160 e. The van der Waals surface area contributed by atoms with Crippen LogP contribution in [0.3, 0.4) is 0 Å². The lowest BCUT2D eigenvalue weighted by Gasteiger charge is -2.40. The minimum Gasteiger partial charge on any atom is -0.228 e. The molecule has 0 N–H and O–H groups in total. The minimum atomic E-state index is -0.403. The van der Waals surface area contributed by atoms with Crippen LogP contribution < -0.4 is 0 Å². The maximum absolute atomic E-state index is 5.12.